The predicted molar refractivity (Wildman–Crippen MR) is 109 cm³/mol. The molecule has 30 heavy (non-hydrogen) atoms. The number of rotatable bonds is 3. The van der Waals surface area contributed by atoms with Gasteiger partial charge in [-0.1, -0.05) is 19.1 Å². The van der Waals surface area contributed by atoms with Crippen LogP contribution in [0.5, 0.6) is 0 Å². The van der Waals surface area contributed by atoms with Crippen LogP contribution in [0.2, 0.25) is 0 Å². The Morgan fingerprint density at radius 3 is 2.53 bits per heavy atom. The van der Waals surface area contributed by atoms with E-state index in [1.54, 1.807) is 6.92 Å². The number of aromatic nitrogens is 4. The van der Waals surface area contributed by atoms with Crippen LogP contribution in [0.25, 0.3) is 11.0 Å². The first kappa shape index (κ1) is 18.7. The van der Waals surface area contributed by atoms with E-state index >= 15 is 0 Å². The van der Waals surface area contributed by atoms with Crippen LogP contribution < -0.4 is 10.5 Å². The maximum atomic E-state index is 13.8. The molecule has 9 heteroatoms. The normalized spacial score (nSPS) is 20.7. The Bertz CT molecular complexity index is 1180. The minimum absolute atomic E-state index is 0.115. The lowest BCUT2D eigenvalue weighted by Gasteiger charge is -2.22. The van der Waals surface area contributed by atoms with Gasteiger partial charge in [0, 0.05) is 38.0 Å². The summed E-state index contributed by atoms with van der Waals surface area (Å²) in [5, 5.41) is 0. The van der Waals surface area contributed by atoms with Crippen LogP contribution in [-0.4, -0.2) is 56.9 Å². The van der Waals surface area contributed by atoms with Gasteiger partial charge in [0.15, 0.2) is 0 Å². The molecule has 0 saturated carbocycles. The first-order valence-electron chi connectivity index (χ1n) is 10.1. The van der Waals surface area contributed by atoms with E-state index in [4.69, 9.17) is 0 Å². The van der Waals surface area contributed by atoms with E-state index < -0.39 is 11.4 Å². The lowest BCUT2D eigenvalue weighted by Crippen LogP contribution is -2.35. The first-order valence-corrected chi connectivity index (χ1v) is 10.1. The van der Waals surface area contributed by atoms with Gasteiger partial charge < -0.3 is 9.80 Å². The molecule has 2 aromatic heterocycles. The molecular weight excluding hydrogens is 387 g/mol. The Labute approximate surface area is 171 Å². The number of aromatic amines is 1. The van der Waals surface area contributed by atoms with E-state index in [1.165, 1.54) is 6.20 Å². The summed E-state index contributed by atoms with van der Waals surface area (Å²) in [4.78, 5) is 44.2. The predicted octanol–water partition coefficient (Wildman–Crippen LogP) is 1.62. The summed E-state index contributed by atoms with van der Waals surface area (Å²) >= 11 is 0. The number of halogens is 1. The summed E-state index contributed by atoms with van der Waals surface area (Å²) in [5.74, 6) is 0.0150. The van der Waals surface area contributed by atoms with Gasteiger partial charge in [-0.05, 0) is 18.6 Å². The van der Waals surface area contributed by atoms with Gasteiger partial charge in [0.2, 0.25) is 11.8 Å². The molecule has 1 N–H and O–H groups in total. The third kappa shape index (κ3) is 3.10. The Kier molecular flexibility index (Phi) is 4.45. The number of carbonyl (C=O) groups excluding carboxylic acids is 1. The molecule has 2 atom stereocenters. The molecule has 2 fully saturated rings. The molecule has 0 bridgehead atoms. The van der Waals surface area contributed by atoms with Crippen molar-refractivity contribution in [3.8, 4) is 0 Å². The van der Waals surface area contributed by atoms with Gasteiger partial charge in [0.25, 0.3) is 11.5 Å². The lowest BCUT2D eigenvalue weighted by molar-refractivity contribution is 0.0776. The number of hydrogen-bond acceptors (Lipinski definition) is 6. The van der Waals surface area contributed by atoms with Crippen molar-refractivity contribution in [3.63, 3.8) is 0 Å². The molecule has 4 heterocycles. The van der Waals surface area contributed by atoms with Crippen molar-refractivity contribution < 1.29 is 9.18 Å². The number of benzene rings is 1. The molecule has 0 aliphatic carbocycles. The number of carbonyl (C=O) groups is 1. The van der Waals surface area contributed by atoms with Gasteiger partial charge in [0.1, 0.15) is 5.69 Å². The number of likely N-dealkylation sites (tertiary alicyclic amines) is 1. The Morgan fingerprint density at radius 1 is 1.13 bits per heavy atom. The number of aryl methyl sites for hydroxylation is 1. The fourth-order valence-corrected chi connectivity index (χ4v) is 4.43. The standard InChI is InChI=1S/C21H21FN6O2/c1-2-14-18(22)19(29)26-21(25-14)28-10-12-8-27(9-13(12)11-28)20(30)17-7-23-15-5-3-4-6-16(15)24-17/h3-7,12-13H,2,8-11H2,1H3,(H,25,26,29). The van der Waals surface area contributed by atoms with Crippen LogP contribution in [0.4, 0.5) is 10.3 Å². The Hall–Kier alpha value is -3.36. The smallest absolute Gasteiger partial charge is 0.288 e. The molecule has 1 amide bonds. The topological polar surface area (TPSA) is 95.1 Å². The molecule has 2 unspecified atom stereocenters. The molecule has 0 spiro atoms. The highest BCUT2D eigenvalue weighted by molar-refractivity contribution is 5.94. The van der Waals surface area contributed by atoms with E-state index in [0.717, 1.165) is 5.52 Å². The number of H-pyrrole nitrogens is 1. The van der Waals surface area contributed by atoms with Crippen molar-refractivity contribution in [1.82, 2.24) is 24.8 Å². The molecule has 3 aromatic rings. The van der Waals surface area contributed by atoms with E-state index in [-0.39, 0.29) is 23.4 Å². The minimum atomic E-state index is -0.811. The zero-order valence-corrected chi connectivity index (χ0v) is 16.5. The fraction of sp³-hybridized carbons (Fsp3) is 0.381. The van der Waals surface area contributed by atoms with E-state index in [9.17, 15) is 14.0 Å². The van der Waals surface area contributed by atoms with Gasteiger partial charge in [-0.3, -0.25) is 19.6 Å². The average Bonchev–Trinajstić information content (AvgIpc) is 3.34. The summed E-state index contributed by atoms with van der Waals surface area (Å²) in [7, 11) is 0. The van der Waals surface area contributed by atoms with Crippen LogP contribution in [-0.2, 0) is 6.42 Å². The van der Waals surface area contributed by atoms with E-state index in [0.29, 0.717) is 49.8 Å². The second-order valence-electron chi connectivity index (χ2n) is 7.88. The summed E-state index contributed by atoms with van der Waals surface area (Å²) < 4.78 is 13.8. The Morgan fingerprint density at radius 2 is 1.83 bits per heavy atom. The maximum Gasteiger partial charge on any atom is 0.288 e. The second-order valence-corrected chi connectivity index (χ2v) is 7.88. The van der Waals surface area contributed by atoms with Gasteiger partial charge >= 0.3 is 0 Å². The van der Waals surface area contributed by atoms with E-state index in [2.05, 4.69) is 19.9 Å². The van der Waals surface area contributed by atoms with Crippen LogP contribution in [0, 0.1) is 17.7 Å². The largest absolute Gasteiger partial charge is 0.342 e. The van der Waals surface area contributed by atoms with Crippen molar-refractivity contribution >= 4 is 22.9 Å². The SMILES string of the molecule is CCc1nc(N2CC3CN(C(=O)c4cnc5ccccc5n4)CC3C2)[nH]c(=O)c1F. The summed E-state index contributed by atoms with van der Waals surface area (Å²) in [6.45, 7) is 4.32. The number of nitrogens with zero attached hydrogens (tertiary/aromatic N) is 5. The summed E-state index contributed by atoms with van der Waals surface area (Å²) in [5.41, 5.74) is 1.25. The highest BCUT2D eigenvalue weighted by Gasteiger charge is 2.42. The minimum Gasteiger partial charge on any atom is -0.342 e. The van der Waals surface area contributed by atoms with Gasteiger partial charge in [0.05, 0.1) is 22.9 Å². The molecule has 1 aromatic carbocycles. The molecule has 8 nitrogen and oxygen atoms in total. The zero-order valence-electron chi connectivity index (χ0n) is 16.5. The first-order chi connectivity index (χ1) is 14.5. The number of nitrogens with one attached hydrogen (secondary N) is 1. The second kappa shape index (κ2) is 7.16. The molecule has 5 rings (SSSR count). The molecule has 2 aliphatic rings. The van der Waals surface area contributed by atoms with Crippen molar-refractivity contribution in [3.05, 3.63) is 58.0 Å². The number of amides is 1. The average molecular weight is 408 g/mol. The quantitative estimate of drug-likeness (QED) is 0.708. The molecule has 2 aliphatic heterocycles. The van der Waals surface area contributed by atoms with Crippen molar-refractivity contribution in [2.45, 2.75) is 13.3 Å². The van der Waals surface area contributed by atoms with Gasteiger partial charge in [-0.25, -0.2) is 9.97 Å². The van der Waals surface area contributed by atoms with Crippen molar-refractivity contribution in [2.75, 3.05) is 31.1 Å². The Balaban J connectivity index is 1.30. The highest BCUT2D eigenvalue weighted by atomic mass is 19.1. The fourth-order valence-electron chi connectivity index (χ4n) is 4.43. The monoisotopic (exact) mass is 408 g/mol. The molecular formula is C21H21FN6O2. The number of hydrogen-bond donors (Lipinski definition) is 1. The number of para-hydroxylation sites is 2. The van der Waals surface area contributed by atoms with Gasteiger partial charge in [-0.2, -0.15) is 4.39 Å². The highest BCUT2D eigenvalue weighted by Crippen LogP contribution is 2.33. The van der Waals surface area contributed by atoms with Crippen molar-refractivity contribution in [2.24, 2.45) is 11.8 Å². The number of anilines is 1. The molecule has 0 radical (unpaired) electrons. The van der Waals surface area contributed by atoms with Crippen LogP contribution >= 0.6 is 0 Å². The molecule has 154 valence electrons. The van der Waals surface area contributed by atoms with Gasteiger partial charge in [-0.15, -0.1) is 0 Å². The van der Waals surface area contributed by atoms with Crippen LogP contribution in [0.3, 0.4) is 0 Å². The van der Waals surface area contributed by atoms with Crippen LogP contribution in [0.15, 0.2) is 35.3 Å². The lowest BCUT2D eigenvalue weighted by atomic mass is 10.0. The van der Waals surface area contributed by atoms with Crippen molar-refractivity contribution in [1.29, 1.82) is 0 Å². The summed E-state index contributed by atoms with van der Waals surface area (Å²) in [6.07, 6.45) is 1.89. The summed E-state index contributed by atoms with van der Waals surface area (Å²) in [6, 6.07) is 7.47. The van der Waals surface area contributed by atoms with E-state index in [1.807, 2.05) is 34.1 Å². The van der Waals surface area contributed by atoms with Crippen LogP contribution in [0.1, 0.15) is 23.1 Å². The third-order valence-electron chi connectivity index (χ3n) is 5.99. The molecule has 2 saturated heterocycles. The number of fused-ring (bicyclic) bond motifs is 2. The third-order valence-corrected chi connectivity index (χ3v) is 5.99. The maximum absolute atomic E-state index is 13.8. The zero-order chi connectivity index (χ0) is 20.8.